The largest absolute Gasteiger partial charge is 0.334 e. The van der Waals surface area contributed by atoms with Gasteiger partial charge in [0.1, 0.15) is 5.69 Å². The molecule has 1 aromatic rings. The summed E-state index contributed by atoms with van der Waals surface area (Å²) in [4.78, 5) is 39.4. The number of anilines is 1. The van der Waals surface area contributed by atoms with Crippen LogP contribution >= 0.6 is 0 Å². The van der Waals surface area contributed by atoms with Crippen LogP contribution in [-0.2, 0) is 11.8 Å². The third-order valence-electron chi connectivity index (χ3n) is 4.76. The van der Waals surface area contributed by atoms with Crippen LogP contribution < -0.4 is 10.9 Å². The molecule has 0 radical (unpaired) electrons. The second-order valence-corrected chi connectivity index (χ2v) is 7.43. The molecule has 138 valence electrons. The van der Waals surface area contributed by atoms with Gasteiger partial charge in [-0.15, -0.1) is 0 Å². The van der Waals surface area contributed by atoms with Crippen LogP contribution in [0.4, 0.5) is 5.69 Å². The van der Waals surface area contributed by atoms with Gasteiger partial charge in [0.2, 0.25) is 5.91 Å². The fourth-order valence-electron chi connectivity index (χ4n) is 3.56. The summed E-state index contributed by atoms with van der Waals surface area (Å²) in [5.41, 5.74) is 0.285. The van der Waals surface area contributed by atoms with Crippen molar-refractivity contribution in [2.24, 2.45) is 13.0 Å². The standard InChI is InChI=1S/C19H29N3O3/c1-12(2)22(13(3)4)18(24)15-10-16(19(25)21(5)11-15)20-17(23)14-8-6-7-9-14/h10-14H,6-9H2,1-5H3,(H,20,23). The number of amides is 2. The first-order valence-corrected chi connectivity index (χ1v) is 9.06. The van der Waals surface area contributed by atoms with Crippen molar-refractivity contribution in [3.05, 3.63) is 28.2 Å². The van der Waals surface area contributed by atoms with E-state index >= 15 is 0 Å². The number of nitrogens with zero attached hydrogens (tertiary/aromatic N) is 2. The maximum absolute atomic E-state index is 12.9. The molecule has 6 nitrogen and oxygen atoms in total. The molecule has 25 heavy (non-hydrogen) atoms. The van der Waals surface area contributed by atoms with E-state index in [4.69, 9.17) is 0 Å². The van der Waals surface area contributed by atoms with Gasteiger partial charge in [0.05, 0.1) is 5.56 Å². The molecule has 1 heterocycles. The molecule has 0 saturated heterocycles. The first-order valence-electron chi connectivity index (χ1n) is 9.06. The molecule has 6 heteroatoms. The lowest BCUT2D eigenvalue weighted by Crippen LogP contribution is -2.42. The van der Waals surface area contributed by atoms with E-state index in [-0.39, 0.29) is 41.1 Å². The molecule has 1 N–H and O–H groups in total. The Balaban J connectivity index is 2.32. The van der Waals surface area contributed by atoms with Gasteiger partial charge in [-0.2, -0.15) is 0 Å². The number of carbonyl (C=O) groups excluding carboxylic acids is 2. The van der Waals surface area contributed by atoms with Crippen molar-refractivity contribution in [2.75, 3.05) is 5.32 Å². The van der Waals surface area contributed by atoms with Gasteiger partial charge in [0.25, 0.3) is 11.5 Å². The highest BCUT2D eigenvalue weighted by molar-refractivity contribution is 5.97. The lowest BCUT2D eigenvalue weighted by Gasteiger charge is -2.31. The Kier molecular flexibility index (Phi) is 6.03. The molecule has 0 unspecified atom stereocenters. The van der Waals surface area contributed by atoms with Crippen LogP contribution in [-0.4, -0.2) is 33.4 Å². The lowest BCUT2D eigenvalue weighted by atomic mass is 10.1. The average Bonchev–Trinajstić information content (AvgIpc) is 3.05. The fraction of sp³-hybridized carbons (Fsp3) is 0.632. The van der Waals surface area contributed by atoms with E-state index in [0.29, 0.717) is 5.56 Å². The molecule has 0 atom stereocenters. The highest BCUT2D eigenvalue weighted by Gasteiger charge is 2.25. The van der Waals surface area contributed by atoms with Gasteiger partial charge in [-0.05, 0) is 46.6 Å². The van der Waals surface area contributed by atoms with Crippen LogP contribution in [0.1, 0.15) is 63.7 Å². The predicted octanol–water partition coefficient (Wildman–Crippen LogP) is 2.77. The highest BCUT2D eigenvalue weighted by atomic mass is 16.2. The van der Waals surface area contributed by atoms with E-state index in [9.17, 15) is 14.4 Å². The first-order chi connectivity index (χ1) is 11.7. The van der Waals surface area contributed by atoms with Gasteiger partial charge in [0, 0.05) is 31.2 Å². The van der Waals surface area contributed by atoms with Crippen LogP contribution in [0, 0.1) is 5.92 Å². The Morgan fingerprint density at radius 3 is 2.24 bits per heavy atom. The van der Waals surface area contributed by atoms with E-state index < -0.39 is 0 Å². The van der Waals surface area contributed by atoms with Crippen molar-refractivity contribution in [1.82, 2.24) is 9.47 Å². The van der Waals surface area contributed by atoms with Crippen LogP contribution in [0.3, 0.4) is 0 Å². The number of nitrogens with one attached hydrogen (secondary N) is 1. The molecule has 1 aromatic heterocycles. The number of carbonyl (C=O) groups is 2. The van der Waals surface area contributed by atoms with Crippen molar-refractivity contribution in [1.29, 1.82) is 0 Å². The number of hydrogen-bond acceptors (Lipinski definition) is 3. The third-order valence-corrected chi connectivity index (χ3v) is 4.76. The Morgan fingerprint density at radius 1 is 1.16 bits per heavy atom. The van der Waals surface area contributed by atoms with Crippen molar-refractivity contribution in [2.45, 2.75) is 65.5 Å². The van der Waals surface area contributed by atoms with E-state index in [1.807, 2.05) is 27.7 Å². The molecule has 2 amide bonds. The summed E-state index contributed by atoms with van der Waals surface area (Å²) in [6, 6.07) is 1.59. The Bertz CT molecular complexity index is 692. The molecular weight excluding hydrogens is 318 g/mol. The lowest BCUT2D eigenvalue weighted by molar-refractivity contribution is -0.119. The first kappa shape index (κ1) is 19.2. The minimum absolute atomic E-state index is 0.0353. The van der Waals surface area contributed by atoms with Crippen molar-refractivity contribution < 1.29 is 9.59 Å². The third kappa shape index (κ3) is 4.30. The normalized spacial score (nSPS) is 15.0. The van der Waals surface area contributed by atoms with Gasteiger partial charge in [0.15, 0.2) is 0 Å². The smallest absolute Gasteiger partial charge is 0.274 e. The number of aryl methyl sites for hydroxylation is 1. The number of hydrogen-bond donors (Lipinski definition) is 1. The molecule has 0 bridgehead atoms. The van der Waals surface area contributed by atoms with Gasteiger partial charge in [-0.25, -0.2) is 0 Å². The Labute approximate surface area is 149 Å². The maximum Gasteiger partial charge on any atom is 0.274 e. The van der Waals surface area contributed by atoms with E-state index in [1.165, 1.54) is 16.8 Å². The summed E-state index contributed by atoms with van der Waals surface area (Å²) in [5, 5.41) is 2.74. The summed E-state index contributed by atoms with van der Waals surface area (Å²) >= 11 is 0. The molecule has 1 saturated carbocycles. The summed E-state index contributed by atoms with van der Waals surface area (Å²) in [5.74, 6) is -0.298. The summed E-state index contributed by atoms with van der Waals surface area (Å²) in [6.07, 6.45) is 5.35. The van der Waals surface area contributed by atoms with Crippen LogP contribution in [0.2, 0.25) is 0 Å². The average molecular weight is 347 g/mol. The molecular formula is C19H29N3O3. The second kappa shape index (κ2) is 7.85. The minimum Gasteiger partial charge on any atom is -0.334 e. The zero-order chi connectivity index (χ0) is 18.7. The maximum atomic E-state index is 12.9. The van der Waals surface area contributed by atoms with Gasteiger partial charge >= 0.3 is 0 Å². The van der Waals surface area contributed by atoms with Gasteiger partial charge in [-0.1, -0.05) is 12.8 Å². The second-order valence-electron chi connectivity index (χ2n) is 7.43. The van der Waals surface area contributed by atoms with Crippen molar-refractivity contribution in [3.63, 3.8) is 0 Å². The zero-order valence-electron chi connectivity index (χ0n) is 15.8. The van der Waals surface area contributed by atoms with Gasteiger partial charge in [-0.3, -0.25) is 14.4 Å². The molecule has 0 aliphatic heterocycles. The SMILES string of the molecule is CC(C)N(C(=O)c1cc(NC(=O)C2CCCC2)c(=O)n(C)c1)C(C)C. The van der Waals surface area contributed by atoms with Crippen LogP contribution in [0.25, 0.3) is 0 Å². The molecule has 1 aliphatic carbocycles. The number of aromatic nitrogens is 1. The Hall–Kier alpha value is -2.11. The molecule has 1 fully saturated rings. The molecule has 0 spiro atoms. The minimum atomic E-state index is -0.302. The summed E-state index contributed by atoms with van der Waals surface area (Å²) in [6.45, 7) is 7.84. The zero-order valence-corrected chi connectivity index (χ0v) is 15.8. The molecule has 2 rings (SSSR count). The highest BCUT2D eigenvalue weighted by Crippen LogP contribution is 2.25. The quantitative estimate of drug-likeness (QED) is 0.890. The molecule has 1 aliphatic rings. The monoisotopic (exact) mass is 347 g/mol. The van der Waals surface area contributed by atoms with Crippen LogP contribution in [0.15, 0.2) is 17.1 Å². The van der Waals surface area contributed by atoms with E-state index in [1.54, 1.807) is 11.9 Å². The summed E-state index contributed by atoms with van der Waals surface area (Å²) in [7, 11) is 1.60. The predicted molar refractivity (Wildman–Crippen MR) is 98.7 cm³/mol. The van der Waals surface area contributed by atoms with E-state index in [0.717, 1.165) is 25.7 Å². The number of pyridine rings is 1. The van der Waals surface area contributed by atoms with Crippen molar-refractivity contribution in [3.8, 4) is 0 Å². The number of rotatable bonds is 5. The Morgan fingerprint density at radius 2 is 1.72 bits per heavy atom. The summed E-state index contributed by atoms with van der Waals surface area (Å²) < 4.78 is 1.36. The molecule has 0 aromatic carbocycles. The fourth-order valence-corrected chi connectivity index (χ4v) is 3.56. The topological polar surface area (TPSA) is 71.4 Å². The van der Waals surface area contributed by atoms with Crippen molar-refractivity contribution >= 4 is 17.5 Å². The van der Waals surface area contributed by atoms with Crippen LogP contribution in [0.5, 0.6) is 0 Å². The van der Waals surface area contributed by atoms with E-state index in [2.05, 4.69) is 5.32 Å². The van der Waals surface area contributed by atoms with Gasteiger partial charge < -0.3 is 14.8 Å².